The van der Waals surface area contributed by atoms with Crippen LogP contribution in [0.2, 0.25) is 0 Å². The second kappa shape index (κ2) is 4.12. The zero-order chi connectivity index (χ0) is 12.7. The van der Waals surface area contributed by atoms with Gasteiger partial charge in [0.1, 0.15) is 5.82 Å². The lowest BCUT2D eigenvalue weighted by atomic mass is 9.95. The van der Waals surface area contributed by atoms with E-state index in [1.807, 2.05) is 0 Å². The van der Waals surface area contributed by atoms with Crippen molar-refractivity contribution in [1.82, 2.24) is 4.98 Å². The van der Waals surface area contributed by atoms with Gasteiger partial charge in [0.05, 0.1) is 4.92 Å². The fourth-order valence-corrected chi connectivity index (χ4v) is 3.32. The first-order valence-corrected chi connectivity index (χ1v) is 6.31. The lowest BCUT2D eigenvalue weighted by Gasteiger charge is -2.23. The summed E-state index contributed by atoms with van der Waals surface area (Å²) in [6, 6.07) is 3.19. The first-order chi connectivity index (χ1) is 8.63. The molecule has 2 bridgehead atoms. The number of fused-ring (bicyclic) bond motifs is 2. The smallest absolute Gasteiger partial charge is 0.311 e. The maximum absolute atomic E-state index is 11.0. The fourth-order valence-electron chi connectivity index (χ4n) is 3.32. The number of hydrogen-bond donors (Lipinski definition) is 2. The summed E-state index contributed by atoms with van der Waals surface area (Å²) < 4.78 is 0. The molecule has 2 aliphatic rings. The van der Waals surface area contributed by atoms with Crippen LogP contribution >= 0.6 is 0 Å². The van der Waals surface area contributed by atoms with Crippen molar-refractivity contribution in [2.24, 2.45) is 11.8 Å². The fraction of sp³-hybridized carbons (Fsp3) is 0.583. The highest BCUT2D eigenvalue weighted by Crippen LogP contribution is 2.45. The second-order valence-electron chi connectivity index (χ2n) is 5.29. The Morgan fingerprint density at radius 2 is 2.22 bits per heavy atom. The molecule has 18 heavy (non-hydrogen) atoms. The van der Waals surface area contributed by atoms with Gasteiger partial charge in [-0.3, -0.25) is 10.1 Å². The van der Waals surface area contributed by atoms with Gasteiger partial charge in [-0.05, 0) is 37.2 Å². The predicted molar refractivity (Wildman–Crippen MR) is 68.2 cm³/mol. The Morgan fingerprint density at radius 3 is 2.83 bits per heavy atom. The normalized spacial score (nSPS) is 29.4. The number of anilines is 2. The van der Waals surface area contributed by atoms with Crippen LogP contribution in [0, 0.1) is 22.0 Å². The van der Waals surface area contributed by atoms with E-state index in [2.05, 4.69) is 10.3 Å². The van der Waals surface area contributed by atoms with Crippen molar-refractivity contribution >= 4 is 17.3 Å². The zero-order valence-corrected chi connectivity index (χ0v) is 10.0. The third kappa shape index (κ3) is 1.87. The molecule has 0 aromatic carbocycles. The highest BCUT2D eigenvalue weighted by atomic mass is 16.6. The molecule has 1 aromatic rings. The van der Waals surface area contributed by atoms with Crippen molar-refractivity contribution in [2.75, 3.05) is 11.1 Å². The van der Waals surface area contributed by atoms with E-state index < -0.39 is 4.92 Å². The molecule has 2 fully saturated rings. The molecule has 2 saturated carbocycles. The molecule has 2 aliphatic carbocycles. The van der Waals surface area contributed by atoms with Crippen LogP contribution in [0.1, 0.15) is 25.7 Å². The quantitative estimate of drug-likeness (QED) is 0.631. The molecule has 96 valence electrons. The molecule has 0 radical (unpaired) electrons. The van der Waals surface area contributed by atoms with E-state index in [0.29, 0.717) is 23.6 Å². The Balaban J connectivity index is 1.83. The average molecular weight is 248 g/mol. The van der Waals surface area contributed by atoms with Crippen molar-refractivity contribution in [3.05, 3.63) is 22.2 Å². The van der Waals surface area contributed by atoms with Gasteiger partial charge < -0.3 is 11.1 Å². The maximum atomic E-state index is 11.0. The van der Waals surface area contributed by atoms with E-state index in [0.717, 1.165) is 12.3 Å². The van der Waals surface area contributed by atoms with Crippen molar-refractivity contribution in [1.29, 1.82) is 0 Å². The van der Waals surface area contributed by atoms with Gasteiger partial charge >= 0.3 is 5.69 Å². The number of hydrogen-bond acceptors (Lipinski definition) is 5. The molecule has 6 heteroatoms. The standard InChI is InChI=1S/C12H16N4O2/c13-11-4-3-10(16(17)18)12(15-11)14-9-6-7-1-2-8(9)5-7/h3-4,7-9H,1-2,5-6H2,(H3,13,14,15). The summed E-state index contributed by atoms with van der Waals surface area (Å²) in [4.78, 5) is 14.6. The van der Waals surface area contributed by atoms with E-state index >= 15 is 0 Å². The number of nitrogen functional groups attached to an aromatic ring is 1. The van der Waals surface area contributed by atoms with E-state index in [9.17, 15) is 10.1 Å². The zero-order valence-electron chi connectivity index (χ0n) is 10.0. The van der Waals surface area contributed by atoms with Crippen LogP contribution in [0.3, 0.4) is 0 Å². The van der Waals surface area contributed by atoms with Crippen molar-refractivity contribution in [3.63, 3.8) is 0 Å². The van der Waals surface area contributed by atoms with Crippen molar-refractivity contribution in [2.45, 2.75) is 31.7 Å². The number of rotatable bonds is 3. The van der Waals surface area contributed by atoms with E-state index in [1.54, 1.807) is 0 Å². The third-order valence-electron chi connectivity index (χ3n) is 4.15. The van der Waals surface area contributed by atoms with Crippen molar-refractivity contribution < 1.29 is 4.92 Å². The maximum Gasteiger partial charge on any atom is 0.311 e. The molecule has 0 spiro atoms. The predicted octanol–water partition coefficient (Wildman–Crippen LogP) is 2.17. The van der Waals surface area contributed by atoms with Gasteiger partial charge in [0.25, 0.3) is 0 Å². The molecule has 3 N–H and O–H groups in total. The van der Waals surface area contributed by atoms with Gasteiger partial charge in [-0.25, -0.2) is 4.98 Å². The number of aromatic nitrogens is 1. The molecule has 6 nitrogen and oxygen atoms in total. The molecule has 1 aromatic heterocycles. The number of nitrogens with zero attached hydrogens (tertiary/aromatic N) is 2. The topological polar surface area (TPSA) is 94.1 Å². The molecule has 0 aliphatic heterocycles. The summed E-state index contributed by atoms with van der Waals surface area (Å²) >= 11 is 0. The van der Waals surface area contributed by atoms with Crippen LogP contribution in [-0.4, -0.2) is 15.9 Å². The summed E-state index contributed by atoms with van der Waals surface area (Å²) in [6.45, 7) is 0. The minimum absolute atomic E-state index is 0.00646. The second-order valence-corrected chi connectivity index (χ2v) is 5.29. The highest BCUT2D eigenvalue weighted by molar-refractivity contribution is 5.59. The van der Waals surface area contributed by atoms with Gasteiger partial charge in [-0.2, -0.15) is 0 Å². The number of nitro groups is 1. The minimum atomic E-state index is -0.415. The largest absolute Gasteiger partial charge is 0.384 e. The monoisotopic (exact) mass is 248 g/mol. The number of nitrogens with one attached hydrogen (secondary N) is 1. The molecule has 3 unspecified atom stereocenters. The molecule has 3 rings (SSSR count). The lowest BCUT2D eigenvalue weighted by molar-refractivity contribution is -0.384. The van der Waals surface area contributed by atoms with Crippen LogP contribution < -0.4 is 11.1 Å². The average Bonchev–Trinajstić information content (AvgIpc) is 2.90. The lowest BCUT2D eigenvalue weighted by Crippen LogP contribution is -2.26. The Bertz CT molecular complexity index is 491. The summed E-state index contributed by atoms with van der Waals surface area (Å²) in [5, 5.41) is 14.2. The van der Waals surface area contributed by atoms with Crippen LogP contribution in [0.5, 0.6) is 0 Å². The van der Waals surface area contributed by atoms with Gasteiger partial charge in [0.15, 0.2) is 0 Å². The summed E-state index contributed by atoms with van der Waals surface area (Å²) in [5.74, 6) is 2.05. The summed E-state index contributed by atoms with van der Waals surface area (Å²) in [6.07, 6.45) is 4.86. The van der Waals surface area contributed by atoms with E-state index in [4.69, 9.17) is 5.73 Å². The first kappa shape index (κ1) is 11.3. The molecule has 0 amide bonds. The first-order valence-electron chi connectivity index (χ1n) is 6.31. The van der Waals surface area contributed by atoms with Crippen LogP contribution in [0.25, 0.3) is 0 Å². The Hall–Kier alpha value is -1.85. The molecule has 0 saturated heterocycles. The van der Waals surface area contributed by atoms with Crippen LogP contribution in [0.4, 0.5) is 17.3 Å². The summed E-state index contributed by atoms with van der Waals surface area (Å²) in [7, 11) is 0. The van der Waals surface area contributed by atoms with Gasteiger partial charge in [-0.1, -0.05) is 6.42 Å². The van der Waals surface area contributed by atoms with Gasteiger partial charge in [0.2, 0.25) is 5.82 Å². The number of nitrogens with two attached hydrogens (primary N) is 1. The molecular weight excluding hydrogens is 232 g/mol. The van der Waals surface area contributed by atoms with Crippen LogP contribution in [0.15, 0.2) is 12.1 Å². The van der Waals surface area contributed by atoms with E-state index in [-0.39, 0.29) is 5.69 Å². The third-order valence-corrected chi connectivity index (χ3v) is 4.15. The van der Waals surface area contributed by atoms with Crippen LogP contribution in [-0.2, 0) is 0 Å². The SMILES string of the molecule is Nc1ccc([N+](=O)[O-])c(NC2CC3CCC2C3)n1. The molecular formula is C12H16N4O2. The Kier molecular flexibility index (Phi) is 2.57. The molecule has 3 atom stereocenters. The Labute approximate surface area is 105 Å². The van der Waals surface area contributed by atoms with Gasteiger partial charge in [0, 0.05) is 12.1 Å². The van der Waals surface area contributed by atoms with Gasteiger partial charge in [-0.15, -0.1) is 0 Å². The highest BCUT2D eigenvalue weighted by Gasteiger charge is 2.40. The minimum Gasteiger partial charge on any atom is -0.384 e. The number of pyridine rings is 1. The molecule has 1 heterocycles. The van der Waals surface area contributed by atoms with Crippen molar-refractivity contribution in [3.8, 4) is 0 Å². The summed E-state index contributed by atoms with van der Waals surface area (Å²) in [5.41, 5.74) is 5.61. The van der Waals surface area contributed by atoms with E-state index in [1.165, 1.54) is 31.4 Å². The Morgan fingerprint density at radius 1 is 1.39 bits per heavy atom.